The lowest BCUT2D eigenvalue weighted by Crippen LogP contribution is -2.33. The van der Waals surface area contributed by atoms with E-state index in [9.17, 15) is 19.8 Å². The summed E-state index contributed by atoms with van der Waals surface area (Å²) in [6.45, 7) is 1.69. The van der Waals surface area contributed by atoms with Gasteiger partial charge >= 0.3 is 6.09 Å². The van der Waals surface area contributed by atoms with Crippen molar-refractivity contribution in [2.45, 2.75) is 19.4 Å². The lowest BCUT2D eigenvalue weighted by molar-refractivity contribution is 0.0533. The summed E-state index contributed by atoms with van der Waals surface area (Å²) < 4.78 is 6.12. The first-order chi connectivity index (χ1) is 12.4. The van der Waals surface area contributed by atoms with Crippen LogP contribution in [0.5, 0.6) is 5.75 Å². The standard InChI is InChI=1S/C19H20BrNO5/c1-12(9-10-22)17(15-11-14(20)7-8-16(15)23)26-19(25)21-18(24)13-5-3-2-4-6-13/h2-8,11-12,17,22-23H,9-10H2,1H3,(H,21,24,25)/t12-,17-/m1/s1. The van der Waals surface area contributed by atoms with Crippen LogP contribution in [0.25, 0.3) is 0 Å². The van der Waals surface area contributed by atoms with Gasteiger partial charge in [-0.25, -0.2) is 4.79 Å². The van der Waals surface area contributed by atoms with Crippen LogP contribution < -0.4 is 5.32 Å². The molecular formula is C19H20BrNO5. The fourth-order valence-electron chi connectivity index (χ4n) is 2.49. The van der Waals surface area contributed by atoms with Gasteiger partial charge in [-0.1, -0.05) is 41.1 Å². The van der Waals surface area contributed by atoms with Crippen LogP contribution in [0.1, 0.15) is 35.4 Å². The van der Waals surface area contributed by atoms with Crippen molar-refractivity contribution in [3.05, 3.63) is 64.1 Å². The summed E-state index contributed by atoms with van der Waals surface area (Å²) in [6.07, 6.45) is -1.40. The Balaban J connectivity index is 2.17. The lowest BCUT2D eigenvalue weighted by atomic mass is 9.94. The number of halogens is 1. The van der Waals surface area contributed by atoms with E-state index in [1.54, 1.807) is 49.4 Å². The van der Waals surface area contributed by atoms with Gasteiger partial charge in [0, 0.05) is 22.2 Å². The zero-order valence-electron chi connectivity index (χ0n) is 14.2. The van der Waals surface area contributed by atoms with Crippen LogP contribution >= 0.6 is 15.9 Å². The smallest absolute Gasteiger partial charge is 0.414 e. The third-order valence-electron chi connectivity index (χ3n) is 3.88. The third-order valence-corrected chi connectivity index (χ3v) is 4.38. The van der Waals surface area contributed by atoms with Gasteiger partial charge in [-0.05, 0) is 42.7 Å². The summed E-state index contributed by atoms with van der Waals surface area (Å²) >= 11 is 3.32. The maximum absolute atomic E-state index is 12.2. The molecular weight excluding hydrogens is 402 g/mol. The SMILES string of the molecule is C[C@H](CCO)[C@@H](OC(=O)NC(=O)c1ccccc1)c1cc(Br)ccc1O. The van der Waals surface area contributed by atoms with Crippen molar-refractivity contribution in [3.8, 4) is 5.75 Å². The molecule has 138 valence electrons. The van der Waals surface area contributed by atoms with Crippen molar-refractivity contribution in [2.75, 3.05) is 6.61 Å². The second-order valence-corrected chi connectivity index (χ2v) is 6.75. The summed E-state index contributed by atoms with van der Waals surface area (Å²) in [7, 11) is 0. The number of alkyl carbamates (subject to hydrolysis) is 1. The highest BCUT2D eigenvalue weighted by Gasteiger charge is 2.27. The Kier molecular flexibility index (Phi) is 7.17. The van der Waals surface area contributed by atoms with E-state index < -0.39 is 18.1 Å². The van der Waals surface area contributed by atoms with Crippen LogP contribution in [0.2, 0.25) is 0 Å². The van der Waals surface area contributed by atoms with Crippen molar-refractivity contribution < 1.29 is 24.5 Å². The maximum atomic E-state index is 12.2. The molecule has 0 heterocycles. The lowest BCUT2D eigenvalue weighted by Gasteiger charge is -2.25. The zero-order chi connectivity index (χ0) is 19.1. The Hall–Kier alpha value is -2.38. The number of amides is 2. The molecule has 0 saturated carbocycles. The molecule has 2 aromatic carbocycles. The maximum Gasteiger partial charge on any atom is 0.414 e. The number of aromatic hydroxyl groups is 1. The number of carbonyl (C=O) groups is 2. The molecule has 0 fully saturated rings. The monoisotopic (exact) mass is 421 g/mol. The average Bonchev–Trinajstić information content (AvgIpc) is 2.62. The molecule has 0 aliphatic rings. The average molecular weight is 422 g/mol. The molecule has 0 aliphatic carbocycles. The minimum absolute atomic E-state index is 0.0369. The number of carbonyl (C=O) groups excluding carboxylic acids is 2. The first kappa shape index (κ1) is 19.9. The van der Waals surface area contributed by atoms with Crippen molar-refractivity contribution in [3.63, 3.8) is 0 Å². The number of aliphatic hydroxyl groups excluding tert-OH is 1. The number of benzene rings is 2. The van der Waals surface area contributed by atoms with Crippen molar-refractivity contribution in [1.29, 1.82) is 0 Å². The van der Waals surface area contributed by atoms with Crippen molar-refractivity contribution in [1.82, 2.24) is 5.32 Å². The highest BCUT2D eigenvalue weighted by atomic mass is 79.9. The first-order valence-electron chi connectivity index (χ1n) is 8.08. The van der Waals surface area contributed by atoms with Crippen LogP contribution in [0.4, 0.5) is 4.79 Å². The number of rotatable bonds is 6. The molecule has 7 heteroatoms. The molecule has 6 nitrogen and oxygen atoms in total. The molecule has 2 aromatic rings. The van der Waals surface area contributed by atoms with Crippen molar-refractivity contribution >= 4 is 27.9 Å². The molecule has 2 rings (SSSR count). The normalized spacial score (nSPS) is 12.9. The van der Waals surface area contributed by atoms with Gasteiger partial charge in [0.1, 0.15) is 11.9 Å². The van der Waals surface area contributed by atoms with E-state index in [1.165, 1.54) is 6.07 Å². The number of phenolic OH excluding ortho intramolecular Hbond substituents is 1. The molecule has 0 radical (unpaired) electrons. The molecule has 0 spiro atoms. The molecule has 0 saturated heterocycles. The van der Waals surface area contributed by atoms with Gasteiger partial charge in [0.15, 0.2) is 0 Å². The van der Waals surface area contributed by atoms with Gasteiger partial charge in [0.2, 0.25) is 0 Å². The van der Waals surface area contributed by atoms with Gasteiger partial charge in [-0.2, -0.15) is 0 Å². The quantitative estimate of drug-likeness (QED) is 0.659. The van der Waals surface area contributed by atoms with Gasteiger partial charge in [0.05, 0.1) is 0 Å². The molecule has 26 heavy (non-hydrogen) atoms. The summed E-state index contributed by atoms with van der Waals surface area (Å²) in [5.74, 6) is -0.898. The molecule has 0 bridgehead atoms. The second-order valence-electron chi connectivity index (χ2n) is 5.84. The minimum atomic E-state index is -0.923. The topological polar surface area (TPSA) is 95.9 Å². The van der Waals surface area contributed by atoms with Gasteiger partial charge < -0.3 is 14.9 Å². The van der Waals surface area contributed by atoms with E-state index in [4.69, 9.17) is 4.74 Å². The van der Waals surface area contributed by atoms with Crippen LogP contribution in [-0.2, 0) is 4.74 Å². The molecule has 0 unspecified atom stereocenters. The van der Waals surface area contributed by atoms with Crippen LogP contribution in [-0.4, -0.2) is 28.8 Å². The number of phenols is 1. The molecule has 0 aromatic heterocycles. The summed E-state index contributed by atoms with van der Waals surface area (Å²) in [6, 6.07) is 13.1. The fourth-order valence-corrected chi connectivity index (χ4v) is 2.87. The number of nitrogens with one attached hydrogen (secondary N) is 1. The number of hydrogen-bond acceptors (Lipinski definition) is 5. The molecule has 3 N–H and O–H groups in total. The van der Waals surface area contributed by atoms with Crippen LogP contribution in [0.3, 0.4) is 0 Å². The second kappa shape index (κ2) is 9.35. The Labute approximate surface area is 159 Å². The van der Waals surface area contributed by atoms with E-state index in [0.29, 0.717) is 22.0 Å². The summed E-state index contributed by atoms with van der Waals surface area (Å²) in [4.78, 5) is 24.3. The van der Waals surface area contributed by atoms with Crippen molar-refractivity contribution in [2.24, 2.45) is 5.92 Å². The number of hydrogen-bond donors (Lipinski definition) is 3. The van der Waals surface area contributed by atoms with Gasteiger partial charge in [-0.3, -0.25) is 10.1 Å². The number of ether oxygens (including phenoxy) is 1. The highest BCUT2D eigenvalue weighted by molar-refractivity contribution is 9.10. The van der Waals surface area contributed by atoms with E-state index in [0.717, 1.165) is 0 Å². The molecule has 2 amide bonds. The predicted molar refractivity (Wildman–Crippen MR) is 99.8 cm³/mol. The van der Waals surface area contributed by atoms with E-state index in [1.807, 2.05) is 0 Å². The first-order valence-corrected chi connectivity index (χ1v) is 8.88. The Bertz CT molecular complexity index is 766. The number of aliphatic hydroxyl groups is 1. The Morgan fingerprint density at radius 2 is 1.88 bits per heavy atom. The number of imide groups is 1. The third kappa shape index (κ3) is 5.31. The zero-order valence-corrected chi connectivity index (χ0v) is 15.8. The van der Waals surface area contributed by atoms with E-state index in [2.05, 4.69) is 21.2 Å². The minimum Gasteiger partial charge on any atom is -0.508 e. The highest BCUT2D eigenvalue weighted by Crippen LogP contribution is 2.35. The molecule has 2 atom stereocenters. The van der Waals surface area contributed by atoms with E-state index >= 15 is 0 Å². The fraction of sp³-hybridized carbons (Fsp3) is 0.263. The Morgan fingerprint density at radius 3 is 2.54 bits per heavy atom. The van der Waals surface area contributed by atoms with Crippen LogP contribution in [0.15, 0.2) is 53.0 Å². The Morgan fingerprint density at radius 1 is 1.19 bits per heavy atom. The largest absolute Gasteiger partial charge is 0.508 e. The summed E-state index contributed by atoms with van der Waals surface area (Å²) in [5.41, 5.74) is 0.720. The van der Waals surface area contributed by atoms with Gasteiger partial charge in [-0.15, -0.1) is 0 Å². The van der Waals surface area contributed by atoms with E-state index in [-0.39, 0.29) is 18.3 Å². The summed E-state index contributed by atoms with van der Waals surface area (Å²) in [5, 5.41) is 21.5. The molecule has 0 aliphatic heterocycles. The van der Waals surface area contributed by atoms with Gasteiger partial charge in [0.25, 0.3) is 5.91 Å². The predicted octanol–water partition coefficient (Wildman–Crippen LogP) is 3.78. The van der Waals surface area contributed by atoms with Crippen LogP contribution in [0, 0.1) is 5.92 Å².